The molecule has 0 radical (unpaired) electrons. The van der Waals surface area contributed by atoms with Crippen LogP contribution in [0.4, 0.5) is 0 Å². The quantitative estimate of drug-likeness (QED) is 0.156. The first-order valence-electron chi connectivity index (χ1n) is 22.3. The molecule has 350 valence electrons. The monoisotopic (exact) mass is 878 g/mol. The molecule has 0 aromatic heterocycles. The lowest BCUT2D eigenvalue weighted by Gasteiger charge is -2.70. The van der Waals surface area contributed by atoms with Gasteiger partial charge in [-0.05, 0) is 110 Å². The topological polar surface area (TPSA) is 223 Å². The van der Waals surface area contributed by atoms with Crippen molar-refractivity contribution < 1.29 is 77.5 Å². The van der Waals surface area contributed by atoms with Crippen LogP contribution in [0, 0.1) is 50.2 Å². The number of ketones is 1. The molecule has 62 heavy (non-hydrogen) atoms. The van der Waals surface area contributed by atoms with Gasteiger partial charge in [-0.1, -0.05) is 47.1 Å². The first kappa shape index (κ1) is 47.4. The van der Waals surface area contributed by atoms with Gasteiger partial charge in [0.1, 0.15) is 36.6 Å². The summed E-state index contributed by atoms with van der Waals surface area (Å²) in [6, 6.07) is 0. The van der Waals surface area contributed by atoms with Crippen molar-refractivity contribution in [1.29, 1.82) is 0 Å². The van der Waals surface area contributed by atoms with Crippen molar-refractivity contribution >= 4 is 23.7 Å². The first-order valence-corrected chi connectivity index (χ1v) is 22.3. The second-order valence-electron chi connectivity index (χ2n) is 21.4. The van der Waals surface area contributed by atoms with Crippen molar-refractivity contribution in [3.8, 4) is 0 Å². The van der Waals surface area contributed by atoms with Gasteiger partial charge in [-0.3, -0.25) is 9.59 Å². The highest BCUT2D eigenvalue weighted by molar-refractivity contribution is 5.95. The third-order valence-corrected chi connectivity index (χ3v) is 18.0. The van der Waals surface area contributed by atoms with Gasteiger partial charge < -0.3 is 58.3 Å². The molecule has 0 bridgehead atoms. The minimum absolute atomic E-state index is 0.0168. The molecule has 2 aliphatic heterocycles. The summed E-state index contributed by atoms with van der Waals surface area (Å²) in [5.41, 5.74) is -1.14. The number of methoxy groups -OCH3 is 4. The molecule has 0 amide bonds. The van der Waals surface area contributed by atoms with E-state index in [1.165, 1.54) is 19.8 Å². The summed E-state index contributed by atoms with van der Waals surface area (Å²) in [5, 5.41) is 44.7. The van der Waals surface area contributed by atoms with E-state index in [0.717, 1.165) is 52.7 Å². The maximum atomic E-state index is 15.0. The van der Waals surface area contributed by atoms with E-state index in [-0.39, 0.29) is 45.8 Å². The summed E-state index contributed by atoms with van der Waals surface area (Å²) < 4.78 is 45.0. The lowest BCUT2D eigenvalue weighted by Crippen LogP contribution is -2.68. The molecule has 6 fully saturated rings. The highest BCUT2D eigenvalue weighted by atomic mass is 16.8. The Kier molecular flexibility index (Phi) is 12.6. The van der Waals surface area contributed by atoms with Gasteiger partial charge in [0.15, 0.2) is 30.6 Å². The molecule has 19 atom stereocenters. The van der Waals surface area contributed by atoms with E-state index < -0.39 is 95.7 Å². The first-order chi connectivity index (χ1) is 28.9. The molecule has 0 aromatic carbocycles. The number of aliphatic hydroxyl groups excluding tert-OH is 4. The van der Waals surface area contributed by atoms with E-state index in [4.69, 9.17) is 37.9 Å². The van der Waals surface area contributed by atoms with E-state index in [1.54, 1.807) is 0 Å². The van der Waals surface area contributed by atoms with E-state index in [1.807, 2.05) is 13.0 Å². The van der Waals surface area contributed by atoms with Crippen LogP contribution in [-0.4, -0.2) is 140 Å². The second kappa shape index (κ2) is 16.4. The molecular formula is C46H70O16. The Balaban J connectivity index is 1.18. The zero-order valence-electron chi connectivity index (χ0n) is 38.2. The molecule has 7 rings (SSSR count). The molecule has 2 saturated heterocycles. The van der Waals surface area contributed by atoms with E-state index in [2.05, 4.69) is 41.5 Å². The van der Waals surface area contributed by atoms with Crippen LogP contribution in [0.25, 0.3) is 0 Å². The van der Waals surface area contributed by atoms with Crippen LogP contribution in [0.15, 0.2) is 11.6 Å². The number of carbonyl (C=O) groups excluding carboxylic acids is 4. The van der Waals surface area contributed by atoms with Gasteiger partial charge in [0.2, 0.25) is 0 Å². The predicted molar refractivity (Wildman–Crippen MR) is 217 cm³/mol. The Morgan fingerprint density at radius 3 is 1.90 bits per heavy atom. The standard InChI is InChI=1S/C46H70O16/c1-41(2)25-12-15-46(7)35(24(47)20-22-23-21-43(4,40(54)58-11)17-16-42(23,3)18-19-45(22,46)6)44(25,5)14-13-26(41)59-39-34(28(49)27(48)32(61-39)36(52)56-9)62-38-30(51)31(55-8)29(50)33(60-38)37(53)57-10/h20,23,25-35,38-39,48-51H,12-19,21H2,1-11H3/t23-,25-,26-,27-,28-,29-,30+,31-,32-,33-,34+,35+,38-,39+,42+,43-,44-,45+,46+/m0/s1. The average molecular weight is 879 g/mol. The van der Waals surface area contributed by atoms with Crippen molar-refractivity contribution in [2.45, 2.75) is 174 Å². The fraction of sp³-hybridized carbons (Fsp3) is 0.870. The number of ether oxygens (including phenoxy) is 8. The summed E-state index contributed by atoms with van der Waals surface area (Å²) in [7, 11) is 4.88. The molecule has 4 saturated carbocycles. The van der Waals surface area contributed by atoms with Crippen molar-refractivity contribution in [3.63, 3.8) is 0 Å². The van der Waals surface area contributed by atoms with Crippen LogP contribution >= 0.6 is 0 Å². The molecule has 16 nitrogen and oxygen atoms in total. The van der Waals surface area contributed by atoms with Gasteiger partial charge in [0.25, 0.3) is 0 Å². The van der Waals surface area contributed by atoms with Crippen molar-refractivity contribution in [2.75, 3.05) is 28.4 Å². The molecular weight excluding hydrogens is 808 g/mol. The summed E-state index contributed by atoms with van der Waals surface area (Å²) >= 11 is 0. The van der Waals surface area contributed by atoms with E-state index >= 15 is 4.79 Å². The molecule has 0 spiro atoms. The van der Waals surface area contributed by atoms with Crippen molar-refractivity contribution in [3.05, 3.63) is 11.6 Å². The number of aliphatic hydroxyl groups is 4. The van der Waals surface area contributed by atoms with Crippen LogP contribution in [0.5, 0.6) is 0 Å². The number of allylic oxidation sites excluding steroid dienone is 2. The normalized spacial score (nSPS) is 49.8. The number of esters is 3. The van der Waals surface area contributed by atoms with Gasteiger partial charge in [-0.15, -0.1) is 0 Å². The predicted octanol–water partition coefficient (Wildman–Crippen LogP) is 3.16. The number of rotatable bonds is 8. The van der Waals surface area contributed by atoms with Crippen molar-refractivity contribution in [1.82, 2.24) is 0 Å². The van der Waals surface area contributed by atoms with E-state index in [9.17, 15) is 34.8 Å². The number of fused-ring (bicyclic) bond motifs is 7. The second-order valence-corrected chi connectivity index (χ2v) is 21.4. The fourth-order valence-electron chi connectivity index (χ4n) is 14.1. The highest BCUT2D eigenvalue weighted by Gasteiger charge is 2.71. The maximum Gasteiger partial charge on any atom is 0.337 e. The Morgan fingerprint density at radius 1 is 0.677 bits per heavy atom. The lowest BCUT2D eigenvalue weighted by atomic mass is 9.33. The van der Waals surface area contributed by atoms with Crippen LogP contribution in [0.3, 0.4) is 0 Å². The zero-order chi connectivity index (χ0) is 45.7. The Labute approximate surface area is 364 Å². The van der Waals surface area contributed by atoms with Crippen LogP contribution < -0.4 is 0 Å². The van der Waals surface area contributed by atoms with Gasteiger partial charge in [-0.25, -0.2) is 9.59 Å². The van der Waals surface area contributed by atoms with Crippen LogP contribution in [0.2, 0.25) is 0 Å². The van der Waals surface area contributed by atoms with Gasteiger partial charge in [-0.2, -0.15) is 0 Å². The Bertz CT molecular complexity index is 1800. The van der Waals surface area contributed by atoms with Gasteiger partial charge in [0.05, 0.1) is 32.8 Å². The third-order valence-electron chi connectivity index (χ3n) is 18.0. The van der Waals surface area contributed by atoms with E-state index in [0.29, 0.717) is 19.3 Å². The summed E-state index contributed by atoms with van der Waals surface area (Å²) in [6.07, 6.45) is -8.27. The zero-order valence-corrected chi connectivity index (χ0v) is 38.2. The van der Waals surface area contributed by atoms with Gasteiger partial charge >= 0.3 is 17.9 Å². The molecule has 16 heteroatoms. The number of hydrogen-bond donors (Lipinski definition) is 4. The Morgan fingerprint density at radius 2 is 1.29 bits per heavy atom. The van der Waals surface area contributed by atoms with Crippen LogP contribution in [0.1, 0.15) is 106 Å². The largest absolute Gasteiger partial charge is 0.469 e. The molecule has 0 aromatic rings. The molecule has 2 heterocycles. The fourth-order valence-corrected chi connectivity index (χ4v) is 14.1. The SMILES string of the molecule is COC(=O)[C@H]1O[C@@H](O[C@H]2CC[C@]3(C)[C@H]4C(=O)C=C5[C@@H]6C[C@@](C)(C(=O)OC)CC[C@]6(C)CC[C@@]5(C)[C@]4(C)CC[C@H]3C2(C)C)[C@H](O[C@@H]2O[C@H](C(=O)OC)[C@@H](O)[C@H](OC)[C@H]2O)[C@@H](O)[C@@H]1O. The summed E-state index contributed by atoms with van der Waals surface area (Å²) in [5.74, 6) is -2.22. The number of carbonyl (C=O) groups is 4. The van der Waals surface area contributed by atoms with Crippen molar-refractivity contribution in [2.24, 2.45) is 50.2 Å². The lowest BCUT2D eigenvalue weighted by molar-refractivity contribution is -0.372. The Hall–Kier alpha value is -2.54. The summed E-state index contributed by atoms with van der Waals surface area (Å²) in [4.78, 5) is 53.7. The molecule has 5 aliphatic carbocycles. The third kappa shape index (κ3) is 7.03. The van der Waals surface area contributed by atoms with Gasteiger partial charge in [0, 0.05) is 13.0 Å². The average Bonchev–Trinajstić information content (AvgIpc) is 3.22. The molecule has 7 aliphatic rings. The minimum Gasteiger partial charge on any atom is -0.469 e. The molecule has 0 unspecified atom stereocenters. The van der Waals surface area contributed by atoms with Crippen LogP contribution in [-0.2, 0) is 57.1 Å². The highest BCUT2D eigenvalue weighted by Crippen LogP contribution is 2.75. The smallest absolute Gasteiger partial charge is 0.337 e. The maximum absolute atomic E-state index is 15.0. The minimum atomic E-state index is -1.86. The summed E-state index contributed by atoms with van der Waals surface area (Å²) in [6.45, 7) is 15.5. The molecule has 4 N–H and O–H groups in total. The number of hydrogen-bond acceptors (Lipinski definition) is 16.